The SMILES string of the molecule is C[C@@H](NCC1CCc2ccc(NS(=O)(=O)c3ccc(OC(F)(F)F)cc3)cc2O1)c1ccccc1. The molecule has 2 atom stereocenters. The van der Waals surface area contributed by atoms with Crippen molar-refractivity contribution >= 4 is 15.7 Å². The van der Waals surface area contributed by atoms with E-state index in [0.717, 1.165) is 42.7 Å². The molecule has 0 radical (unpaired) electrons. The van der Waals surface area contributed by atoms with E-state index in [1.165, 1.54) is 5.56 Å². The van der Waals surface area contributed by atoms with Crippen molar-refractivity contribution in [2.75, 3.05) is 11.3 Å². The van der Waals surface area contributed by atoms with Gasteiger partial charge in [0.05, 0.1) is 10.6 Å². The third kappa shape index (κ3) is 6.67. The van der Waals surface area contributed by atoms with Gasteiger partial charge in [-0.15, -0.1) is 13.2 Å². The van der Waals surface area contributed by atoms with Gasteiger partial charge < -0.3 is 14.8 Å². The molecule has 1 heterocycles. The lowest BCUT2D eigenvalue weighted by Gasteiger charge is -2.28. The number of benzene rings is 3. The molecule has 2 N–H and O–H groups in total. The molecular weight excluding hydrogens is 481 g/mol. The molecule has 6 nitrogen and oxygen atoms in total. The average molecular weight is 507 g/mol. The quantitative estimate of drug-likeness (QED) is 0.426. The lowest BCUT2D eigenvalue weighted by Crippen LogP contribution is -2.35. The highest BCUT2D eigenvalue weighted by atomic mass is 32.2. The first-order valence-electron chi connectivity index (χ1n) is 11.1. The highest BCUT2D eigenvalue weighted by molar-refractivity contribution is 7.92. The highest BCUT2D eigenvalue weighted by Crippen LogP contribution is 2.32. The van der Waals surface area contributed by atoms with Gasteiger partial charge in [0.1, 0.15) is 17.6 Å². The smallest absolute Gasteiger partial charge is 0.489 e. The van der Waals surface area contributed by atoms with Gasteiger partial charge in [0, 0.05) is 18.7 Å². The maximum atomic E-state index is 12.7. The van der Waals surface area contributed by atoms with Gasteiger partial charge in [0.25, 0.3) is 10.0 Å². The number of aryl methyl sites for hydroxylation is 1. The molecule has 3 aromatic rings. The lowest BCUT2D eigenvalue weighted by atomic mass is 10.0. The van der Waals surface area contributed by atoms with Crippen molar-refractivity contribution in [3.8, 4) is 11.5 Å². The molecule has 0 fully saturated rings. The Morgan fingerprint density at radius 2 is 1.77 bits per heavy atom. The van der Waals surface area contributed by atoms with Crippen LogP contribution in [0, 0.1) is 0 Å². The summed E-state index contributed by atoms with van der Waals surface area (Å²) in [5, 5.41) is 3.48. The van der Waals surface area contributed by atoms with Crippen molar-refractivity contribution in [2.45, 2.75) is 43.2 Å². The number of nitrogens with one attached hydrogen (secondary N) is 2. The molecule has 10 heteroatoms. The van der Waals surface area contributed by atoms with Crippen molar-refractivity contribution in [3.05, 3.63) is 83.9 Å². The van der Waals surface area contributed by atoms with Gasteiger partial charge in [-0.1, -0.05) is 36.4 Å². The van der Waals surface area contributed by atoms with E-state index in [1.54, 1.807) is 12.1 Å². The average Bonchev–Trinajstić information content (AvgIpc) is 2.82. The summed E-state index contributed by atoms with van der Waals surface area (Å²) < 4.78 is 74.8. The molecule has 1 aliphatic heterocycles. The standard InChI is InChI=1S/C25H25F3N2O4S/c1-17(18-5-3-2-4-6-18)29-16-22-10-8-19-7-9-20(15-24(19)33-22)30-35(31,32)23-13-11-21(12-14-23)34-25(26,27)28/h2-7,9,11-15,17,22,29-30H,8,10,16H2,1H3/t17-,22?/m1/s1. The Kier molecular flexibility index (Phi) is 7.23. The molecule has 35 heavy (non-hydrogen) atoms. The fourth-order valence-electron chi connectivity index (χ4n) is 3.84. The van der Waals surface area contributed by atoms with Crippen LogP contribution in [-0.2, 0) is 16.4 Å². The van der Waals surface area contributed by atoms with Gasteiger partial charge in [0.15, 0.2) is 0 Å². The van der Waals surface area contributed by atoms with E-state index >= 15 is 0 Å². The van der Waals surface area contributed by atoms with Crippen LogP contribution in [0.1, 0.15) is 30.5 Å². The zero-order valence-electron chi connectivity index (χ0n) is 18.9. The van der Waals surface area contributed by atoms with Gasteiger partial charge in [-0.3, -0.25) is 4.72 Å². The van der Waals surface area contributed by atoms with Crippen molar-refractivity contribution in [3.63, 3.8) is 0 Å². The molecule has 0 aromatic heterocycles. The van der Waals surface area contributed by atoms with E-state index in [4.69, 9.17) is 4.74 Å². The molecule has 1 aliphatic rings. The van der Waals surface area contributed by atoms with Crippen LogP contribution in [0.5, 0.6) is 11.5 Å². The van der Waals surface area contributed by atoms with Gasteiger partial charge >= 0.3 is 6.36 Å². The third-order valence-corrected chi connectivity index (χ3v) is 7.06. The van der Waals surface area contributed by atoms with Gasteiger partial charge in [-0.2, -0.15) is 0 Å². The van der Waals surface area contributed by atoms with Crippen molar-refractivity contribution < 1.29 is 31.1 Å². The minimum absolute atomic E-state index is 0.0679. The van der Waals surface area contributed by atoms with E-state index in [2.05, 4.69) is 33.8 Å². The Morgan fingerprint density at radius 3 is 2.46 bits per heavy atom. The molecule has 0 aliphatic carbocycles. The summed E-state index contributed by atoms with van der Waals surface area (Å²) in [5.41, 5.74) is 2.46. The predicted molar refractivity (Wildman–Crippen MR) is 126 cm³/mol. The summed E-state index contributed by atoms with van der Waals surface area (Å²) in [7, 11) is -4.02. The maximum absolute atomic E-state index is 12.7. The fourth-order valence-corrected chi connectivity index (χ4v) is 4.88. The van der Waals surface area contributed by atoms with Crippen LogP contribution >= 0.6 is 0 Å². The molecule has 0 amide bonds. The topological polar surface area (TPSA) is 76.7 Å². The van der Waals surface area contributed by atoms with E-state index in [9.17, 15) is 21.6 Å². The predicted octanol–water partition coefficient (Wildman–Crippen LogP) is 5.43. The van der Waals surface area contributed by atoms with Crippen molar-refractivity contribution in [1.29, 1.82) is 0 Å². The van der Waals surface area contributed by atoms with Gasteiger partial charge in [-0.25, -0.2) is 8.42 Å². The highest BCUT2D eigenvalue weighted by Gasteiger charge is 2.31. The van der Waals surface area contributed by atoms with Crippen LogP contribution in [0.15, 0.2) is 77.7 Å². The second-order valence-electron chi connectivity index (χ2n) is 8.27. The molecule has 1 unspecified atom stereocenters. The minimum Gasteiger partial charge on any atom is -0.489 e. The molecule has 0 saturated heterocycles. The molecule has 3 aromatic carbocycles. The normalized spacial score (nSPS) is 16.6. The molecular formula is C25H25F3N2O4S. The van der Waals surface area contributed by atoms with Crippen molar-refractivity contribution in [2.24, 2.45) is 0 Å². The fraction of sp³-hybridized carbons (Fsp3) is 0.280. The van der Waals surface area contributed by atoms with Crippen LogP contribution < -0.4 is 19.5 Å². The monoisotopic (exact) mass is 506 g/mol. The van der Waals surface area contributed by atoms with E-state index < -0.39 is 22.1 Å². The number of anilines is 1. The first kappa shape index (κ1) is 24.9. The lowest BCUT2D eigenvalue weighted by molar-refractivity contribution is -0.274. The van der Waals surface area contributed by atoms with Gasteiger partial charge in [-0.05, 0) is 61.2 Å². The Labute approximate surface area is 202 Å². The summed E-state index contributed by atoms with van der Waals surface area (Å²) in [6, 6.07) is 19.3. The number of rotatable bonds is 8. The summed E-state index contributed by atoms with van der Waals surface area (Å²) in [4.78, 5) is -0.192. The number of sulfonamides is 1. The largest absolute Gasteiger partial charge is 0.573 e. The Balaban J connectivity index is 1.39. The van der Waals surface area contributed by atoms with Crippen LogP contribution in [0.4, 0.5) is 18.9 Å². The number of fused-ring (bicyclic) bond motifs is 1. The summed E-state index contributed by atoms with van der Waals surface area (Å²) in [5.74, 6) is 0.101. The van der Waals surface area contributed by atoms with E-state index in [1.807, 2.05) is 24.3 Å². The van der Waals surface area contributed by atoms with Crippen LogP contribution in [-0.4, -0.2) is 27.4 Å². The third-order valence-electron chi connectivity index (χ3n) is 5.67. The van der Waals surface area contributed by atoms with Crippen LogP contribution in [0.2, 0.25) is 0 Å². The molecule has 0 bridgehead atoms. The zero-order valence-corrected chi connectivity index (χ0v) is 19.7. The van der Waals surface area contributed by atoms with Crippen molar-refractivity contribution in [1.82, 2.24) is 5.32 Å². The summed E-state index contributed by atoms with van der Waals surface area (Å²) in [6.07, 6.45) is -3.29. The number of hydrogen-bond donors (Lipinski definition) is 2. The minimum atomic E-state index is -4.85. The molecule has 4 rings (SSSR count). The zero-order chi connectivity index (χ0) is 25.1. The number of halogens is 3. The maximum Gasteiger partial charge on any atom is 0.573 e. The molecule has 0 saturated carbocycles. The molecule has 186 valence electrons. The van der Waals surface area contributed by atoms with E-state index in [-0.39, 0.29) is 17.0 Å². The van der Waals surface area contributed by atoms with Crippen LogP contribution in [0.25, 0.3) is 0 Å². The molecule has 0 spiro atoms. The first-order chi connectivity index (χ1) is 16.6. The summed E-state index contributed by atoms with van der Waals surface area (Å²) in [6.45, 7) is 2.72. The van der Waals surface area contributed by atoms with Gasteiger partial charge in [0.2, 0.25) is 0 Å². The number of hydrogen-bond acceptors (Lipinski definition) is 5. The Morgan fingerprint density at radius 1 is 1.06 bits per heavy atom. The summed E-state index contributed by atoms with van der Waals surface area (Å²) >= 11 is 0. The van der Waals surface area contributed by atoms with Crippen LogP contribution in [0.3, 0.4) is 0 Å². The second-order valence-corrected chi connectivity index (χ2v) is 9.95. The van der Waals surface area contributed by atoms with E-state index in [0.29, 0.717) is 18.0 Å². The Hall–Kier alpha value is -3.24. The second kappa shape index (κ2) is 10.2. The number of alkyl halides is 3. The Bertz CT molecular complexity index is 1250. The first-order valence-corrected chi connectivity index (χ1v) is 12.5. The number of ether oxygens (including phenoxy) is 2.